The summed E-state index contributed by atoms with van der Waals surface area (Å²) < 4.78 is 4.99. The SMILES string of the molecule is COc1c(Cl)cccc1C(=O)CN. The number of carbonyl (C=O) groups is 1. The van der Waals surface area contributed by atoms with E-state index in [1.165, 1.54) is 7.11 Å². The standard InChI is InChI=1S/C9H10ClNO2/c1-13-9-6(8(12)5-11)3-2-4-7(9)10/h2-4H,5,11H2,1H3. The molecule has 0 amide bonds. The van der Waals surface area contributed by atoms with Crippen LogP contribution < -0.4 is 10.5 Å². The topological polar surface area (TPSA) is 52.3 Å². The zero-order valence-electron chi connectivity index (χ0n) is 7.21. The molecule has 3 nitrogen and oxygen atoms in total. The van der Waals surface area contributed by atoms with Crippen LogP contribution in [0.5, 0.6) is 5.75 Å². The van der Waals surface area contributed by atoms with Gasteiger partial charge in [-0.3, -0.25) is 4.79 Å². The molecule has 0 aromatic heterocycles. The fraction of sp³-hybridized carbons (Fsp3) is 0.222. The Bertz CT molecular complexity index is 325. The van der Waals surface area contributed by atoms with E-state index in [0.717, 1.165) is 0 Å². The van der Waals surface area contributed by atoms with Crippen LogP contribution in [0.15, 0.2) is 18.2 Å². The number of benzene rings is 1. The first-order valence-corrected chi connectivity index (χ1v) is 4.14. The molecular formula is C9H10ClNO2. The lowest BCUT2D eigenvalue weighted by atomic mass is 10.1. The second-order valence-electron chi connectivity index (χ2n) is 2.45. The van der Waals surface area contributed by atoms with Gasteiger partial charge in [-0.25, -0.2) is 0 Å². The molecule has 0 spiro atoms. The second-order valence-corrected chi connectivity index (χ2v) is 2.86. The summed E-state index contributed by atoms with van der Waals surface area (Å²) in [6.45, 7) is -0.0449. The number of Topliss-reactive ketones (excluding diaryl/α,β-unsaturated/α-hetero) is 1. The van der Waals surface area contributed by atoms with E-state index in [1.54, 1.807) is 18.2 Å². The molecule has 1 rings (SSSR count). The lowest BCUT2D eigenvalue weighted by molar-refractivity contribution is 0.0998. The van der Waals surface area contributed by atoms with Gasteiger partial charge in [0.05, 0.1) is 24.2 Å². The predicted octanol–water partition coefficient (Wildman–Crippen LogP) is 1.49. The summed E-state index contributed by atoms with van der Waals surface area (Å²) in [6, 6.07) is 4.99. The van der Waals surface area contributed by atoms with Gasteiger partial charge < -0.3 is 10.5 Å². The number of ether oxygens (including phenoxy) is 1. The molecular weight excluding hydrogens is 190 g/mol. The normalized spacial score (nSPS) is 9.77. The van der Waals surface area contributed by atoms with Gasteiger partial charge in [0.1, 0.15) is 5.75 Å². The molecule has 0 atom stereocenters. The summed E-state index contributed by atoms with van der Waals surface area (Å²) >= 11 is 5.81. The number of nitrogens with two attached hydrogens (primary N) is 1. The van der Waals surface area contributed by atoms with Crippen molar-refractivity contribution in [1.82, 2.24) is 0 Å². The van der Waals surface area contributed by atoms with Crippen LogP contribution in [0.3, 0.4) is 0 Å². The number of methoxy groups -OCH3 is 1. The summed E-state index contributed by atoms with van der Waals surface area (Å²) in [6.07, 6.45) is 0. The Morgan fingerprint density at radius 2 is 2.31 bits per heavy atom. The van der Waals surface area contributed by atoms with Crippen molar-refractivity contribution in [3.63, 3.8) is 0 Å². The van der Waals surface area contributed by atoms with E-state index in [2.05, 4.69) is 0 Å². The van der Waals surface area contributed by atoms with Gasteiger partial charge in [0.2, 0.25) is 0 Å². The Labute approximate surface area is 81.4 Å². The van der Waals surface area contributed by atoms with E-state index in [4.69, 9.17) is 22.1 Å². The minimum Gasteiger partial charge on any atom is -0.494 e. The first-order chi connectivity index (χ1) is 6.20. The van der Waals surface area contributed by atoms with Gasteiger partial charge in [-0.2, -0.15) is 0 Å². The van der Waals surface area contributed by atoms with Crippen LogP contribution in [0, 0.1) is 0 Å². The third-order valence-electron chi connectivity index (χ3n) is 1.66. The molecule has 0 saturated heterocycles. The quantitative estimate of drug-likeness (QED) is 0.751. The van der Waals surface area contributed by atoms with Gasteiger partial charge in [-0.05, 0) is 12.1 Å². The van der Waals surface area contributed by atoms with Gasteiger partial charge in [0.15, 0.2) is 5.78 Å². The van der Waals surface area contributed by atoms with Gasteiger partial charge >= 0.3 is 0 Å². The molecule has 1 aromatic carbocycles. The summed E-state index contributed by atoms with van der Waals surface area (Å²) in [5, 5.41) is 0.418. The van der Waals surface area contributed by atoms with E-state index in [-0.39, 0.29) is 12.3 Å². The molecule has 0 unspecified atom stereocenters. The van der Waals surface area contributed by atoms with Crippen LogP contribution in [0.2, 0.25) is 5.02 Å². The van der Waals surface area contributed by atoms with Crippen molar-refractivity contribution in [2.24, 2.45) is 5.73 Å². The maximum absolute atomic E-state index is 11.3. The summed E-state index contributed by atoms with van der Waals surface area (Å²) in [5.41, 5.74) is 5.66. The summed E-state index contributed by atoms with van der Waals surface area (Å²) in [4.78, 5) is 11.3. The van der Waals surface area contributed by atoms with Gasteiger partial charge in [0, 0.05) is 0 Å². The third kappa shape index (κ3) is 1.99. The van der Waals surface area contributed by atoms with Crippen molar-refractivity contribution in [2.45, 2.75) is 0 Å². The molecule has 0 saturated carbocycles. The van der Waals surface area contributed by atoms with E-state index in [9.17, 15) is 4.79 Å². The van der Waals surface area contributed by atoms with Crippen molar-refractivity contribution in [1.29, 1.82) is 0 Å². The third-order valence-corrected chi connectivity index (χ3v) is 1.95. The maximum Gasteiger partial charge on any atom is 0.180 e. The first-order valence-electron chi connectivity index (χ1n) is 3.76. The van der Waals surface area contributed by atoms with Gasteiger partial charge in [-0.1, -0.05) is 17.7 Å². The van der Waals surface area contributed by atoms with Crippen LogP contribution in [-0.2, 0) is 0 Å². The van der Waals surface area contributed by atoms with Crippen molar-refractivity contribution in [3.8, 4) is 5.75 Å². The van der Waals surface area contributed by atoms with Crippen molar-refractivity contribution >= 4 is 17.4 Å². The molecule has 1 aromatic rings. The van der Waals surface area contributed by atoms with Gasteiger partial charge in [-0.15, -0.1) is 0 Å². The van der Waals surface area contributed by atoms with E-state index in [0.29, 0.717) is 16.3 Å². The van der Waals surface area contributed by atoms with Gasteiger partial charge in [0.25, 0.3) is 0 Å². The summed E-state index contributed by atoms with van der Waals surface area (Å²) in [5.74, 6) is 0.207. The minimum atomic E-state index is -0.181. The van der Waals surface area contributed by atoms with Crippen molar-refractivity contribution < 1.29 is 9.53 Å². The fourth-order valence-corrected chi connectivity index (χ4v) is 1.30. The molecule has 0 bridgehead atoms. The number of hydrogen-bond acceptors (Lipinski definition) is 3. The highest BCUT2D eigenvalue weighted by atomic mass is 35.5. The van der Waals surface area contributed by atoms with E-state index in [1.807, 2.05) is 0 Å². The van der Waals surface area contributed by atoms with Crippen LogP contribution >= 0.6 is 11.6 Å². The second kappa shape index (κ2) is 4.25. The van der Waals surface area contributed by atoms with E-state index >= 15 is 0 Å². The predicted molar refractivity (Wildman–Crippen MR) is 51.4 cm³/mol. The molecule has 0 fully saturated rings. The largest absolute Gasteiger partial charge is 0.494 e. The molecule has 70 valence electrons. The average Bonchev–Trinajstić information content (AvgIpc) is 2.16. The first kappa shape index (κ1) is 10.0. The molecule has 2 N–H and O–H groups in total. The Balaban J connectivity index is 3.20. The molecule has 0 radical (unpaired) electrons. The Kier molecular flexibility index (Phi) is 3.28. The Hall–Kier alpha value is -1.06. The highest BCUT2D eigenvalue weighted by molar-refractivity contribution is 6.32. The maximum atomic E-state index is 11.3. The number of para-hydroxylation sites is 1. The number of rotatable bonds is 3. The van der Waals surface area contributed by atoms with Crippen LogP contribution in [0.25, 0.3) is 0 Å². The zero-order chi connectivity index (χ0) is 9.84. The number of halogens is 1. The average molecular weight is 200 g/mol. The number of hydrogen-bond donors (Lipinski definition) is 1. The molecule has 0 aliphatic carbocycles. The summed E-state index contributed by atoms with van der Waals surface area (Å²) in [7, 11) is 1.47. The monoisotopic (exact) mass is 199 g/mol. The number of ketones is 1. The minimum absolute atomic E-state index is 0.0449. The Morgan fingerprint density at radius 3 is 2.85 bits per heavy atom. The lowest BCUT2D eigenvalue weighted by Gasteiger charge is -2.07. The van der Waals surface area contributed by atoms with Crippen molar-refractivity contribution in [3.05, 3.63) is 28.8 Å². The molecule has 0 aliphatic rings. The molecule has 0 heterocycles. The van der Waals surface area contributed by atoms with E-state index < -0.39 is 0 Å². The fourth-order valence-electron chi connectivity index (χ4n) is 1.05. The van der Waals surface area contributed by atoms with Crippen molar-refractivity contribution in [2.75, 3.05) is 13.7 Å². The Morgan fingerprint density at radius 1 is 1.62 bits per heavy atom. The lowest BCUT2D eigenvalue weighted by Crippen LogP contribution is -2.14. The number of carbonyl (C=O) groups excluding carboxylic acids is 1. The highest BCUT2D eigenvalue weighted by Crippen LogP contribution is 2.28. The molecule has 13 heavy (non-hydrogen) atoms. The molecule has 0 aliphatic heterocycles. The zero-order valence-corrected chi connectivity index (χ0v) is 7.97. The smallest absolute Gasteiger partial charge is 0.180 e. The molecule has 4 heteroatoms. The van der Waals surface area contributed by atoms with Crippen LogP contribution in [0.4, 0.5) is 0 Å². The van der Waals surface area contributed by atoms with Crippen LogP contribution in [-0.4, -0.2) is 19.4 Å². The highest BCUT2D eigenvalue weighted by Gasteiger charge is 2.12. The van der Waals surface area contributed by atoms with Crippen LogP contribution in [0.1, 0.15) is 10.4 Å².